The van der Waals surface area contributed by atoms with Gasteiger partial charge in [0.2, 0.25) is 0 Å². The predicted molar refractivity (Wildman–Crippen MR) is 83.3 cm³/mol. The molecule has 1 amide bonds. The summed E-state index contributed by atoms with van der Waals surface area (Å²) in [6.45, 7) is 5.63. The van der Waals surface area contributed by atoms with Gasteiger partial charge in [0.15, 0.2) is 0 Å². The third-order valence-corrected chi connectivity index (χ3v) is 3.48. The molecule has 0 atom stereocenters. The van der Waals surface area contributed by atoms with E-state index in [-0.39, 0.29) is 12.1 Å². The van der Waals surface area contributed by atoms with Crippen LogP contribution in [0, 0.1) is 0 Å². The molecule has 0 aromatic carbocycles. The number of nitrogens with one attached hydrogen (secondary N) is 2. The lowest BCUT2D eigenvalue weighted by Gasteiger charge is -2.31. The van der Waals surface area contributed by atoms with Crippen molar-refractivity contribution in [3.63, 3.8) is 0 Å². The van der Waals surface area contributed by atoms with Crippen molar-refractivity contribution in [2.75, 3.05) is 5.32 Å². The molecule has 1 aliphatic rings. The highest BCUT2D eigenvalue weighted by Gasteiger charge is 2.24. The lowest BCUT2D eigenvalue weighted by atomic mass is 9.91. The smallest absolute Gasteiger partial charge is 0.407 e. The molecule has 0 spiro atoms. The Morgan fingerprint density at radius 2 is 1.90 bits per heavy atom. The van der Waals surface area contributed by atoms with Crippen molar-refractivity contribution in [1.82, 2.24) is 10.3 Å². The fourth-order valence-corrected chi connectivity index (χ4v) is 2.54. The van der Waals surface area contributed by atoms with Gasteiger partial charge >= 0.3 is 6.09 Å². The highest BCUT2D eigenvalue weighted by molar-refractivity contribution is 5.68. The van der Waals surface area contributed by atoms with Crippen LogP contribution < -0.4 is 10.6 Å². The normalized spacial score (nSPS) is 22.4. The minimum absolute atomic E-state index is 0.215. The fourth-order valence-electron chi connectivity index (χ4n) is 2.54. The first-order valence-electron chi connectivity index (χ1n) is 7.58. The van der Waals surface area contributed by atoms with Crippen LogP contribution in [0.25, 0.3) is 0 Å². The zero-order valence-corrected chi connectivity index (χ0v) is 13.1. The topological polar surface area (TPSA) is 63.2 Å². The highest BCUT2D eigenvalue weighted by atomic mass is 16.6. The highest BCUT2D eigenvalue weighted by Crippen LogP contribution is 2.22. The number of rotatable bonds is 3. The van der Waals surface area contributed by atoms with Crippen LogP contribution in [-0.4, -0.2) is 28.8 Å². The van der Waals surface area contributed by atoms with Crippen molar-refractivity contribution in [2.45, 2.75) is 64.1 Å². The third kappa shape index (κ3) is 5.61. The maximum absolute atomic E-state index is 11.7. The molecule has 2 rings (SSSR count). The molecule has 1 aromatic heterocycles. The quantitative estimate of drug-likeness (QED) is 0.896. The van der Waals surface area contributed by atoms with Crippen LogP contribution in [0.2, 0.25) is 0 Å². The average molecular weight is 291 g/mol. The molecule has 1 aliphatic carbocycles. The van der Waals surface area contributed by atoms with Crippen LogP contribution in [-0.2, 0) is 4.74 Å². The molecule has 1 heterocycles. The number of hydrogen-bond donors (Lipinski definition) is 2. The molecule has 21 heavy (non-hydrogen) atoms. The molecule has 0 aliphatic heterocycles. The van der Waals surface area contributed by atoms with E-state index in [9.17, 15) is 4.79 Å². The molecular weight excluding hydrogens is 266 g/mol. The van der Waals surface area contributed by atoms with Crippen molar-refractivity contribution in [1.29, 1.82) is 0 Å². The Labute approximate surface area is 126 Å². The maximum atomic E-state index is 11.7. The van der Waals surface area contributed by atoms with E-state index in [1.165, 1.54) is 0 Å². The van der Waals surface area contributed by atoms with E-state index in [0.717, 1.165) is 31.4 Å². The van der Waals surface area contributed by atoms with Crippen molar-refractivity contribution >= 4 is 11.8 Å². The first kappa shape index (κ1) is 15.6. The van der Waals surface area contributed by atoms with Gasteiger partial charge in [-0.1, -0.05) is 0 Å². The standard InChI is InChI=1S/C16H25N3O2/c1-16(2,3)21-15(20)19-13-8-6-12(7-9-13)18-14-5-4-10-17-11-14/h4-5,10-13,18H,6-9H2,1-3H3,(H,19,20). The predicted octanol–water partition coefficient (Wildman–Crippen LogP) is 3.33. The van der Waals surface area contributed by atoms with E-state index in [1.807, 2.05) is 39.1 Å². The lowest BCUT2D eigenvalue weighted by Crippen LogP contribution is -2.42. The zero-order valence-electron chi connectivity index (χ0n) is 13.1. The van der Waals surface area contributed by atoms with Gasteiger partial charge in [0.1, 0.15) is 5.60 Å². The Hall–Kier alpha value is -1.78. The van der Waals surface area contributed by atoms with Gasteiger partial charge in [0.05, 0.1) is 5.69 Å². The molecule has 1 fully saturated rings. The van der Waals surface area contributed by atoms with Crippen molar-refractivity contribution in [2.24, 2.45) is 0 Å². The first-order valence-corrected chi connectivity index (χ1v) is 7.58. The second-order valence-electron chi connectivity index (χ2n) is 6.58. The number of aromatic nitrogens is 1. The van der Waals surface area contributed by atoms with Gasteiger partial charge < -0.3 is 15.4 Å². The number of amides is 1. The van der Waals surface area contributed by atoms with Gasteiger partial charge in [-0.2, -0.15) is 0 Å². The summed E-state index contributed by atoms with van der Waals surface area (Å²) >= 11 is 0. The summed E-state index contributed by atoms with van der Waals surface area (Å²) in [5, 5.41) is 6.45. The summed E-state index contributed by atoms with van der Waals surface area (Å²) in [6.07, 6.45) is 7.31. The summed E-state index contributed by atoms with van der Waals surface area (Å²) in [5.74, 6) is 0. The van der Waals surface area contributed by atoms with Crippen LogP contribution in [0.3, 0.4) is 0 Å². The fraction of sp³-hybridized carbons (Fsp3) is 0.625. The monoisotopic (exact) mass is 291 g/mol. The van der Waals surface area contributed by atoms with Crippen LogP contribution in [0.15, 0.2) is 24.5 Å². The summed E-state index contributed by atoms with van der Waals surface area (Å²) < 4.78 is 5.29. The summed E-state index contributed by atoms with van der Waals surface area (Å²) in [5.41, 5.74) is 0.615. The number of carbonyl (C=O) groups is 1. The van der Waals surface area contributed by atoms with Crippen LogP contribution in [0.5, 0.6) is 0 Å². The summed E-state index contributed by atoms with van der Waals surface area (Å²) in [6, 6.07) is 4.62. The first-order chi connectivity index (χ1) is 9.92. The molecule has 5 heteroatoms. The molecule has 1 aromatic rings. The average Bonchev–Trinajstić information content (AvgIpc) is 2.40. The van der Waals surface area contributed by atoms with Crippen molar-refractivity contribution in [3.8, 4) is 0 Å². The van der Waals surface area contributed by atoms with Crippen LogP contribution in [0.4, 0.5) is 10.5 Å². The van der Waals surface area contributed by atoms with Gasteiger partial charge in [-0.15, -0.1) is 0 Å². The number of pyridine rings is 1. The molecule has 2 N–H and O–H groups in total. The summed E-state index contributed by atoms with van der Waals surface area (Å²) in [4.78, 5) is 15.8. The molecule has 0 radical (unpaired) electrons. The number of hydrogen-bond acceptors (Lipinski definition) is 4. The molecule has 5 nitrogen and oxygen atoms in total. The Kier molecular flexibility index (Phi) is 5.04. The van der Waals surface area contributed by atoms with Gasteiger partial charge in [-0.25, -0.2) is 4.79 Å². The Bertz CT molecular complexity index is 448. The second-order valence-corrected chi connectivity index (χ2v) is 6.58. The van der Waals surface area contributed by atoms with E-state index in [4.69, 9.17) is 4.74 Å². The molecular formula is C16H25N3O2. The van der Waals surface area contributed by atoms with E-state index >= 15 is 0 Å². The Morgan fingerprint density at radius 1 is 1.24 bits per heavy atom. The molecule has 1 saturated carbocycles. The Morgan fingerprint density at radius 3 is 2.48 bits per heavy atom. The maximum Gasteiger partial charge on any atom is 0.407 e. The second kappa shape index (κ2) is 6.78. The SMILES string of the molecule is CC(C)(C)OC(=O)NC1CCC(Nc2cccnc2)CC1. The number of carbonyl (C=O) groups excluding carboxylic acids is 1. The van der Waals surface area contributed by atoms with Gasteiger partial charge in [0, 0.05) is 24.5 Å². The molecule has 0 saturated heterocycles. The van der Waals surface area contributed by atoms with Crippen molar-refractivity contribution in [3.05, 3.63) is 24.5 Å². The van der Waals surface area contributed by atoms with E-state index in [2.05, 4.69) is 15.6 Å². The summed E-state index contributed by atoms with van der Waals surface area (Å²) in [7, 11) is 0. The lowest BCUT2D eigenvalue weighted by molar-refractivity contribution is 0.0492. The van der Waals surface area contributed by atoms with Crippen LogP contribution in [0.1, 0.15) is 46.5 Å². The molecule has 116 valence electrons. The number of nitrogens with zero attached hydrogens (tertiary/aromatic N) is 1. The minimum Gasteiger partial charge on any atom is -0.444 e. The number of alkyl carbamates (subject to hydrolysis) is 1. The number of anilines is 1. The van der Waals surface area contributed by atoms with Crippen molar-refractivity contribution < 1.29 is 9.53 Å². The third-order valence-electron chi connectivity index (χ3n) is 3.48. The van der Waals surface area contributed by atoms with E-state index in [1.54, 1.807) is 6.20 Å². The van der Waals surface area contributed by atoms with Gasteiger partial charge in [-0.3, -0.25) is 4.98 Å². The van der Waals surface area contributed by atoms with Gasteiger partial charge in [-0.05, 0) is 58.6 Å². The van der Waals surface area contributed by atoms with E-state index in [0.29, 0.717) is 6.04 Å². The number of ether oxygens (including phenoxy) is 1. The molecule has 0 unspecified atom stereocenters. The van der Waals surface area contributed by atoms with E-state index < -0.39 is 5.60 Å². The van der Waals surface area contributed by atoms with Crippen LogP contribution >= 0.6 is 0 Å². The largest absolute Gasteiger partial charge is 0.444 e. The zero-order chi connectivity index (χ0) is 15.3. The van der Waals surface area contributed by atoms with Gasteiger partial charge in [0.25, 0.3) is 0 Å². The minimum atomic E-state index is -0.441. The molecule has 0 bridgehead atoms. The Balaban J connectivity index is 1.72.